The molecule has 4 amide bonds. The number of aromatic nitrogens is 1. The molecule has 2 saturated heterocycles. The summed E-state index contributed by atoms with van der Waals surface area (Å²) in [6.45, 7) is 6.20. The maximum atomic E-state index is 13.5. The highest BCUT2D eigenvalue weighted by Gasteiger charge is 2.58. The summed E-state index contributed by atoms with van der Waals surface area (Å²) in [6, 6.07) is 3.37. The molecular formula is C22H30N4O3. The second-order valence-corrected chi connectivity index (χ2v) is 9.07. The zero-order valence-corrected chi connectivity index (χ0v) is 17.3. The molecule has 7 heteroatoms. The molecule has 0 radical (unpaired) electrons. The minimum Gasteiger partial charge on any atom is -0.338 e. The number of hydrogen-bond donors (Lipinski definition) is 0. The Morgan fingerprint density at radius 1 is 1.24 bits per heavy atom. The smallest absolute Gasteiger partial charge is 0.327 e. The predicted octanol–water partition coefficient (Wildman–Crippen LogP) is 2.78. The molecule has 0 N–H and O–H groups in total. The summed E-state index contributed by atoms with van der Waals surface area (Å²) in [7, 11) is 0. The molecule has 1 aromatic heterocycles. The number of hydrogen-bond acceptors (Lipinski definition) is 4. The maximum Gasteiger partial charge on any atom is 0.327 e. The Labute approximate surface area is 172 Å². The molecule has 1 aliphatic carbocycles. The van der Waals surface area contributed by atoms with Gasteiger partial charge in [-0.1, -0.05) is 20.3 Å². The number of urea groups is 1. The van der Waals surface area contributed by atoms with Crippen LogP contribution in [0.1, 0.15) is 56.3 Å². The van der Waals surface area contributed by atoms with Crippen molar-refractivity contribution < 1.29 is 14.4 Å². The van der Waals surface area contributed by atoms with Gasteiger partial charge in [-0.25, -0.2) is 4.79 Å². The van der Waals surface area contributed by atoms with E-state index in [0.29, 0.717) is 50.5 Å². The van der Waals surface area contributed by atoms with Crippen molar-refractivity contribution in [1.29, 1.82) is 0 Å². The van der Waals surface area contributed by atoms with E-state index in [1.165, 1.54) is 11.3 Å². The third-order valence-corrected chi connectivity index (χ3v) is 6.62. The van der Waals surface area contributed by atoms with E-state index in [4.69, 9.17) is 0 Å². The number of carbonyl (C=O) groups is 3. The topological polar surface area (TPSA) is 73.8 Å². The van der Waals surface area contributed by atoms with Gasteiger partial charge < -0.3 is 9.80 Å². The van der Waals surface area contributed by atoms with Crippen molar-refractivity contribution in [3.05, 3.63) is 30.1 Å². The number of rotatable bonds is 5. The van der Waals surface area contributed by atoms with Gasteiger partial charge in [-0.2, -0.15) is 0 Å². The third kappa shape index (κ3) is 3.51. The van der Waals surface area contributed by atoms with Gasteiger partial charge >= 0.3 is 6.03 Å². The lowest BCUT2D eigenvalue weighted by Crippen LogP contribution is -2.58. The van der Waals surface area contributed by atoms with Crippen molar-refractivity contribution in [2.24, 2.45) is 11.8 Å². The van der Waals surface area contributed by atoms with Crippen LogP contribution in [0.25, 0.3) is 0 Å². The average molecular weight is 399 g/mol. The summed E-state index contributed by atoms with van der Waals surface area (Å²) >= 11 is 0. The molecule has 0 atom stereocenters. The molecule has 7 nitrogen and oxygen atoms in total. The zero-order valence-electron chi connectivity index (χ0n) is 17.3. The highest BCUT2D eigenvalue weighted by atomic mass is 16.2. The standard InChI is InChI=1S/C22H30N4O3/c1-16(2)14-26-21(29)25(15-17-5-3-6-17)20(28)22(26)8-11-24(12-9-22)19(27)18-7-4-10-23-13-18/h4,7,10,13,16-17H,3,5-6,8-9,11-12,14-15H2,1-2H3. The van der Waals surface area contributed by atoms with Gasteiger partial charge in [0.2, 0.25) is 0 Å². The predicted molar refractivity (Wildman–Crippen MR) is 108 cm³/mol. The van der Waals surface area contributed by atoms with Crippen LogP contribution in [0.15, 0.2) is 24.5 Å². The van der Waals surface area contributed by atoms with E-state index in [2.05, 4.69) is 18.8 Å². The fourth-order valence-electron chi connectivity index (χ4n) is 4.73. The van der Waals surface area contributed by atoms with Crippen molar-refractivity contribution in [3.8, 4) is 0 Å². The van der Waals surface area contributed by atoms with Crippen molar-refractivity contribution in [3.63, 3.8) is 0 Å². The van der Waals surface area contributed by atoms with Crippen LogP contribution in [0.3, 0.4) is 0 Å². The number of carbonyl (C=O) groups excluding carboxylic acids is 3. The molecule has 0 aromatic carbocycles. The molecule has 156 valence electrons. The molecular weight excluding hydrogens is 368 g/mol. The fraction of sp³-hybridized carbons (Fsp3) is 0.636. The van der Waals surface area contributed by atoms with Gasteiger partial charge in [-0.3, -0.25) is 19.5 Å². The second-order valence-electron chi connectivity index (χ2n) is 9.07. The van der Waals surface area contributed by atoms with Crippen LogP contribution in [0, 0.1) is 11.8 Å². The van der Waals surface area contributed by atoms with Crippen LogP contribution in [0.2, 0.25) is 0 Å². The summed E-state index contributed by atoms with van der Waals surface area (Å²) in [5, 5.41) is 0. The Morgan fingerprint density at radius 2 is 1.97 bits per heavy atom. The lowest BCUT2D eigenvalue weighted by molar-refractivity contribution is -0.136. The highest BCUT2D eigenvalue weighted by molar-refractivity contribution is 6.07. The molecule has 1 spiro atoms. The first-order valence-electron chi connectivity index (χ1n) is 10.8. The van der Waals surface area contributed by atoms with Crippen LogP contribution in [0.4, 0.5) is 4.79 Å². The number of piperidine rings is 1. The first kappa shape index (κ1) is 19.9. The summed E-state index contributed by atoms with van der Waals surface area (Å²) in [5.41, 5.74) is -0.237. The average Bonchev–Trinajstić information content (AvgIpc) is 2.87. The van der Waals surface area contributed by atoms with Gasteiger partial charge in [-0.15, -0.1) is 0 Å². The van der Waals surface area contributed by atoms with Crippen LogP contribution in [0.5, 0.6) is 0 Å². The number of amides is 4. The molecule has 4 rings (SSSR count). The van der Waals surface area contributed by atoms with Crippen molar-refractivity contribution >= 4 is 17.8 Å². The lowest BCUT2D eigenvalue weighted by Gasteiger charge is -2.42. The van der Waals surface area contributed by atoms with E-state index in [-0.39, 0.29) is 23.8 Å². The third-order valence-electron chi connectivity index (χ3n) is 6.62. The Balaban J connectivity index is 1.52. The number of pyridine rings is 1. The summed E-state index contributed by atoms with van der Waals surface area (Å²) in [4.78, 5) is 48.5. The molecule has 2 aliphatic heterocycles. The summed E-state index contributed by atoms with van der Waals surface area (Å²) in [5.74, 6) is 0.614. The number of likely N-dealkylation sites (tertiary alicyclic amines) is 1. The minimum atomic E-state index is -0.795. The Morgan fingerprint density at radius 3 is 2.52 bits per heavy atom. The van der Waals surface area contributed by atoms with Crippen LogP contribution in [-0.4, -0.2) is 69.2 Å². The van der Waals surface area contributed by atoms with Gasteiger partial charge in [0.1, 0.15) is 5.54 Å². The normalized spacial score (nSPS) is 22.0. The van der Waals surface area contributed by atoms with Crippen molar-refractivity contribution in [2.45, 2.75) is 51.5 Å². The van der Waals surface area contributed by atoms with Gasteiger partial charge in [0.15, 0.2) is 0 Å². The molecule has 3 heterocycles. The van der Waals surface area contributed by atoms with Crippen molar-refractivity contribution in [2.75, 3.05) is 26.2 Å². The minimum absolute atomic E-state index is 0.0523. The molecule has 0 bridgehead atoms. The van der Waals surface area contributed by atoms with E-state index >= 15 is 0 Å². The number of imide groups is 1. The molecule has 1 aromatic rings. The van der Waals surface area contributed by atoms with Crippen molar-refractivity contribution in [1.82, 2.24) is 19.7 Å². The van der Waals surface area contributed by atoms with E-state index in [9.17, 15) is 14.4 Å². The van der Waals surface area contributed by atoms with Crippen LogP contribution < -0.4 is 0 Å². The fourth-order valence-corrected chi connectivity index (χ4v) is 4.73. The second kappa shape index (κ2) is 7.76. The first-order valence-corrected chi connectivity index (χ1v) is 10.8. The Kier molecular flexibility index (Phi) is 5.32. The van der Waals surface area contributed by atoms with E-state index in [1.807, 2.05) is 4.90 Å². The Hall–Kier alpha value is -2.44. The monoisotopic (exact) mass is 398 g/mol. The van der Waals surface area contributed by atoms with Gasteiger partial charge in [0, 0.05) is 38.6 Å². The first-order chi connectivity index (χ1) is 13.9. The molecule has 29 heavy (non-hydrogen) atoms. The molecule has 1 saturated carbocycles. The molecule has 3 aliphatic rings. The van der Waals surface area contributed by atoms with E-state index < -0.39 is 5.54 Å². The van der Waals surface area contributed by atoms with Gasteiger partial charge in [0.05, 0.1) is 5.56 Å². The van der Waals surface area contributed by atoms with Crippen LogP contribution >= 0.6 is 0 Å². The van der Waals surface area contributed by atoms with Crippen LogP contribution in [-0.2, 0) is 4.79 Å². The highest BCUT2D eigenvalue weighted by Crippen LogP contribution is 2.40. The van der Waals surface area contributed by atoms with Gasteiger partial charge in [0.25, 0.3) is 11.8 Å². The lowest BCUT2D eigenvalue weighted by atomic mass is 9.83. The Bertz CT molecular complexity index is 783. The SMILES string of the molecule is CC(C)CN1C(=O)N(CC2CCC2)C(=O)C12CCN(C(=O)c1cccnc1)CC2. The van der Waals surface area contributed by atoms with E-state index in [0.717, 1.165) is 12.8 Å². The number of nitrogens with zero attached hydrogens (tertiary/aromatic N) is 4. The summed E-state index contributed by atoms with van der Waals surface area (Å²) in [6.07, 6.45) is 7.60. The molecule has 0 unspecified atom stereocenters. The van der Waals surface area contributed by atoms with E-state index in [1.54, 1.807) is 29.4 Å². The molecule has 3 fully saturated rings. The summed E-state index contributed by atoms with van der Waals surface area (Å²) < 4.78 is 0. The van der Waals surface area contributed by atoms with Gasteiger partial charge in [-0.05, 0) is 49.7 Å². The largest absolute Gasteiger partial charge is 0.338 e. The quantitative estimate of drug-likeness (QED) is 0.715. The zero-order chi connectivity index (χ0) is 20.6. The maximum absolute atomic E-state index is 13.5.